The van der Waals surface area contributed by atoms with Crippen molar-refractivity contribution in [1.82, 2.24) is 4.37 Å². The van der Waals surface area contributed by atoms with Crippen LogP contribution < -0.4 is 4.74 Å². The molecule has 0 radical (unpaired) electrons. The highest BCUT2D eigenvalue weighted by atomic mass is 79.9. The number of hydrogen-bond donors (Lipinski definition) is 1. The van der Waals surface area contributed by atoms with Crippen LogP contribution in [0.2, 0.25) is 0 Å². The summed E-state index contributed by atoms with van der Waals surface area (Å²) in [7, 11) is 1.61. The third kappa shape index (κ3) is 3.12. The summed E-state index contributed by atoms with van der Waals surface area (Å²) >= 11 is 4.84. The van der Waals surface area contributed by atoms with Gasteiger partial charge in [0.25, 0.3) is 0 Å². The second-order valence-corrected chi connectivity index (χ2v) is 6.66. The number of halogens is 1. The van der Waals surface area contributed by atoms with E-state index in [1.807, 2.05) is 35.7 Å². The largest absolute Gasteiger partial charge is 0.507 e. The molecule has 3 rings (SSSR count). The Bertz CT molecular complexity index is 828. The predicted molar refractivity (Wildman–Crippen MR) is 98.3 cm³/mol. The van der Waals surface area contributed by atoms with Gasteiger partial charge in [-0.2, -0.15) is 4.37 Å². The summed E-state index contributed by atoms with van der Waals surface area (Å²) in [5.74, 6) is 0.887. The van der Waals surface area contributed by atoms with E-state index in [0.717, 1.165) is 38.8 Å². The molecule has 0 saturated heterocycles. The van der Waals surface area contributed by atoms with E-state index in [-0.39, 0.29) is 5.75 Å². The number of hydrogen-bond acceptors (Lipinski definition) is 4. The van der Waals surface area contributed by atoms with Gasteiger partial charge in [0, 0.05) is 27.0 Å². The maximum atomic E-state index is 10.4. The molecule has 0 atom stereocenters. The Labute approximate surface area is 147 Å². The van der Waals surface area contributed by atoms with Crippen molar-refractivity contribution in [3.8, 4) is 33.9 Å². The number of aromatic nitrogens is 1. The lowest BCUT2D eigenvalue weighted by Gasteiger charge is -2.12. The van der Waals surface area contributed by atoms with Crippen LogP contribution in [0.1, 0.15) is 12.5 Å². The number of aryl methyl sites for hydroxylation is 1. The third-order valence-electron chi connectivity index (χ3n) is 3.76. The van der Waals surface area contributed by atoms with Gasteiger partial charge in [-0.1, -0.05) is 35.0 Å². The smallest absolute Gasteiger partial charge is 0.128 e. The quantitative estimate of drug-likeness (QED) is 0.638. The molecule has 0 aliphatic rings. The first-order chi connectivity index (χ1) is 11.1. The minimum absolute atomic E-state index is 0.184. The molecule has 2 aromatic carbocycles. The molecule has 5 heteroatoms. The molecule has 0 saturated carbocycles. The normalized spacial score (nSPS) is 10.7. The molecule has 0 aliphatic heterocycles. The van der Waals surface area contributed by atoms with E-state index in [2.05, 4.69) is 27.2 Å². The van der Waals surface area contributed by atoms with Crippen LogP contribution in [0, 0.1) is 0 Å². The summed E-state index contributed by atoms with van der Waals surface area (Å²) in [6.07, 6.45) is 0.828. The summed E-state index contributed by atoms with van der Waals surface area (Å²) in [6.45, 7) is 2.06. The summed E-state index contributed by atoms with van der Waals surface area (Å²) < 4.78 is 10.9. The van der Waals surface area contributed by atoms with E-state index in [4.69, 9.17) is 4.74 Å². The lowest BCUT2D eigenvalue weighted by Crippen LogP contribution is -1.93. The number of rotatable bonds is 4. The van der Waals surface area contributed by atoms with Gasteiger partial charge in [-0.3, -0.25) is 0 Å². The second-order valence-electron chi connectivity index (χ2n) is 5.12. The van der Waals surface area contributed by atoms with E-state index in [9.17, 15) is 5.11 Å². The molecule has 0 amide bonds. The average molecular weight is 390 g/mol. The Balaban J connectivity index is 2.13. The molecule has 0 bridgehead atoms. The summed E-state index contributed by atoms with van der Waals surface area (Å²) in [6, 6.07) is 11.7. The van der Waals surface area contributed by atoms with Crippen molar-refractivity contribution < 1.29 is 9.84 Å². The van der Waals surface area contributed by atoms with Crippen LogP contribution >= 0.6 is 27.5 Å². The zero-order valence-electron chi connectivity index (χ0n) is 12.8. The van der Waals surface area contributed by atoms with Crippen molar-refractivity contribution >= 4 is 27.5 Å². The summed E-state index contributed by atoms with van der Waals surface area (Å²) in [5, 5.41) is 12.4. The molecule has 1 heterocycles. The molecule has 118 valence electrons. The van der Waals surface area contributed by atoms with Crippen molar-refractivity contribution in [2.75, 3.05) is 7.11 Å². The molecule has 3 aromatic rings. The molecular weight excluding hydrogens is 374 g/mol. The first-order valence-corrected chi connectivity index (χ1v) is 8.87. The maximum Gasteiger partial charge on any atom is 0.128 e. The van der Waals surface area contributed by atoms with Crippen molar-refractivity contribution in [1.29, 1.82) is 0 Å². The fourth-order valence-corrected chi connectivity index (χ4v) is 3.51. The van der Waals surface area contributed by atoms with Crippen LogP contribution in [0.15, 0.2) is 46.3 Å². The van der Waals surface area contributed by atoms with E-state index in [1.54, 1.807) is 13.2 Å². The van der Waals surface area contributed by atoms with Gasteiger partial charge in [0.1, 0.15) is 11.5 Å². The van der Waals surface area contributed by atoms with Gasteiger partial charge >= 0.3 is 0 Å². The van der Waals surface area contributed by atoms with Crippen LogP contribution in [0.25, 0.3) is 22.4 Å². The van der Waals surface area contributed by atoms with E-state index < -0.39 is 0 Å². The Kier molecular flexibility index (Phi) is 4.68. The zero-order valence-corrected chi connectivity index (χ0v) is 15.2. The molecule has 1 N–H and O–H groups in total. The summed E-state index contributed by atoms with van der Waals surface area (Å²) in [5.41, 5.74) is 4.68. The third-order valence-corrected chi connectivity index (χ3v) is 4.92. The van der Waals surface area contributed by atoms with E-state index in [1.165, 1.54) is 11.5 Å². The standard InChI is InChI=1S/C18H16BrNO2S/c1-3-11-8-14(16(21)9-17(11)22-2)18-15(10-23-20-18)12-4-6-13(19)7-5-12/h4-10,21H,3H2,1-2H3. The first kappa shape index (κ1) is 16.0. The van der Waals surface area contributed by atoms with Gasteiger partial charge < -0.3 is 9.84 Å². The van der Waals surface area contributed by atoms with Gasteiger partial charge in [0.05, 0.1) is 12.8 Å². The van der Waals surface area contributed by atoms with E-state index >= 15 is 0 Å². The van der Waals surface area contributed by atoms with Gasteiger partial charge in [0.15, 0.2) is 0 Å². The van der Waals surface area contributed by atoms with Gasteiger partial charge in [-0.05, 0) is 47.3 Å². The van der Waals surface area contributed by atoms with Crippen molar-refractivity contribution in [2.45, 2.75) is 13.3 Å². The molecule has 0 spiro atoms. The van der Waals surface area contributed by atoms with Crippen molar-refractivity contribution in [2.24, 2.45) is 0 Å². The van der Waals surface area contributed by atoms with Crippen LogP contribution in [0.4, 0.5) is 0 Å². The molecule has 1 aromatic heterocycles. The molecule has 0 fully saturated rings. The highest BCUT2D eigenvalue weighted by molar-refractivity contribution is 9.10. The molecular formula is C18H16BrNO2S. The highest BCUT2D eigenvalue weighted by Crippen LogP contribution is 2.40. The number of nitrogens with zero attached hydrogens (tertiary/aromatic N) is 1. The van der Waals surface area contributed by atoms with Crippen LogP contribution in [-0.2, 0) is 6.42 Å². The molecule has 0 unspecified atom stereocenters. The Hall–Kier alpha value is -1.85. The molecule has 0 aliphatic carbocycles. The van der Waals surface area contributed by atoms with Crippen molar-refractivity contribution in [3.63, 3.8) is 0 Å². The number of phenolic OH excluding ortho intramolecular Hbond substituents is 1. The fraction of sp³-hybridized carbons (Fsp3) is 0.167. The fourth-order valence-electron chi connectivity index (χ4n) is 2.54. The minimum Gasteiger partial charge on any atom is -0.507 e. The van der Waals surface area contributed by atoms with E-state index in [0.29, 0.717) is 5.75 Å². The Morgan fingerprint density at radius 1 is 1.17 bits per heavy atom. The maximum absolute atomic E-state index is 10.4. The first-order valence-electron chi connectivity index (χ1n) is 7.24. The number of ether oxygens (including phenoxy) is 1. The van der Waals surface area contributed by atoms with Crippen LogP contribution in [0.3, 0.4) is 0 Å². The van der Waals surface area contributed by atoms with Crippen LogP contribution in [0.5, 0.6) is 11.5 Å². The van der Waals surface area contributed by atoms with Gasteiger partial charge in [-0.15, -0.1) is 0 Å². The number of phenols is 1. The predicted octanol–water partition coefficient (Wildman–Crippen LogP) is 5.52. The topological polar surface area (TPSA) is 42.4 Å². The van der Waals surface area contributed by atoms with Gasteiger partial charge in [0.2, 0.25) is 0 Å². The lowest BCUT2D eigenvalue weighted by molar-refractivity contribution is 0.403. The van der Waals surface area contributed by atoms with Crippen molar-refractivity contribution in [3.05, 3.63) is 51.8 Å². The Morgan fingerprint density at radius 2 is 1.91 bits per heavy atom. The zero-order chi connectivity index (χ0) is 16.4. The second kappa shape index (κ2) is 6.72. The SMILES string of the molecule is CCc1cc(-c2nscc2-c2ccc(Br)cc2)c(O)cc1OC. The van der Waals surface area contributed by atoms with Crippen LogP contribution in [-0.4, -0.2) is 16.6 Å². The average Bonchev–Trinajstić information content (AvgIpc) is 3.04. The summed E-state index contributed by atoms with van der Waals surface area (Å²) in [4.78, 5) is 0. The minimum atomic E-state index is 0.184. The monoisotopic (exact) mass is 389 g/mol. The molecule has 23 heavy (non-hydrogen) atoms. The number of aromatic hydroxyl groups is 1. The lowest BCUT2D eigenvalue weighted by atomic mass is 9.98. The Morgan fingerprint density at radius 3 is 2.57 bits per heavy atom. The van der Waals surface area contributed by atoms with Gasteiger partial charge in [-0.25, -0.2) is 0 Å². The molecule has 3 nitrogen and oxygen atoms in total. The number of methoxy groups -OCH3 is 1. The number of benzene rings is 2. The highest BCUT2D eigenvalue weighted by Gasteiger charge is 2.17.